The lowest BCUT2D eigenvalue weighted by Gasteiger charge is -2.33. The predicted molar refractivity (Wildman–Crippen MR) is 93.4 cm³/mol. The Hall–Kier alpha value is -2.67. The number of nitrogens with one attached hydrogen (secondary N) is 2. The van der Waals surface area contributed by atoms with E-state index in [1.165, 1.54) is 0 Å². The zero-order valence-electron chi connectivity index (χ0n) is 14.1. The van der Waals surface area contributed by atoms with Crippen molar-refractivity contribution in [2.24, 2.45) is 0 Å². The minimum atomic E-state index is -0.121. The monoisotopic (exact) mass is 342 g/mol. The van der Waals surface area contributed by atoms with Crippen molar-refractivity contribution < 1.29 is 14.3 Å². The van der Waals surface area contributed by atoms with E-state index in [0.717, 1.165) is 5.56 Å². The molecule has 1 amide bonds. The van der Waals surface area contributed by atoms with Crippen LogP contribution in [-0.4, -0.2) is 42.2 Å². The molecule has 132 valence electrons. The number of methoxy groups -OCH3 is 1. The van der Waals surface area contributed by atoms with Crippen molar-refractivity contribution in [1.29, 1.82) is 0 Å². The second-order valence-corrected chi connectivity index (χ2v) is 5.81. The highest BCUT2D eigenvalue weighted by Crippen LogP contribution is 2.26. The minimum Gasteiger partial charge on any atom is -0.475 e. The van der Waals surface area contributed by atoms with Crippen molar-refractivity contribution in [1.82, 2.24) is 15.3 Å². The van der Waals surface area contributed by atoms with Gasteiger partial charge in [-0.15, -0.1) is 0 Å². The topological polar surface area (TPSA) is 85.4 Å². The van der Waals surface area contributed by atoms with E-state index >= 15 is 0 Å². The number of nitrogens with zero attached hydrogens (tertiary/aromatic N) is 2. The lowest BCUT2D eigenvalue weighted by atomic mass is 9.92. The fourth-order valence-corrected chi connectivity index (χ4v) is 2.82. The molecular formula is C18H22N4O3. The number of ether oxygens (including phenoxy) is 2. The number of piperidine rings is 1. The van der Waals surface area contributed by atoms with Gasteiger partial charge in [-0.3, -0.25) is 4.79 Å². The Morgan fingerprint density at radius 1 is 1.24 bits per heavy atom. The summed E-state index contributed by atoms with van der Waals surface area (Å²) >= 11 is 0. The third-order valence-electron chi connectivity index (χ3n) is 4.04. The molecule has 1 aliphatic rings. The molecule has 7 heteroatoms. The summed E-state index contributed by atoms with van der Waals surface area (Å²) < 4.78 is 10.5. The van der Waals surface area contributed by atoms with Gasteiger partial charge in [0.15, 0.2) is 0 Å². The summed E-state index contributed by atoms with van der Waals surface area (Å²) in [5.74, 6) is 1.03. The number of carbonyl (C=O) groups excluding carboxylic acids is 1. The number of benzene rings is 1. The van der Waals surface area contributed by atoms with Crippen LogP contribution in [0.2, 0.25) is 0 Å². The van der Waals surface area contributed by atoms with E-state index in [4.69, 9.17) is 9.47 Å². The molecule has 1 saturated heterocycles. The number of amides is 1. The van der Waals surface area contributed by atoms with E-state index in [1.807, 2.05) is 30.3 Å². The van der Waals surface area contributed by atoms with Gasteiger partial charge in [-0.25, -0.2) is 4.98 Å². The van der Waals surface area contributed by atoms with Crippen LogP contribution in [0.25, 0.3) is 0 Å². The normalized spacial score (nSPS) is 20.0. The molecule has 1 aromatic heterocycles. The SMILES string of the molecule is COCCOc1ccnc(N[C@@H]2CCC(=O)N[C@H]2c2ccccc2)n1. The Labute approximate surface area is 146 Å². The Bertz CT molecular complexity index is 696. The highest BCUT2D eigenvalue weighted by Gasteiger charge is 2.30. The molecule has 7 nitrogen and oxygen atoms in total. The van der Waals surface area contributed by atoms with Gasteiger partial charge in [0, 0.05) is 25.8 Å². The van der Waals surface area contributed by atoms with Crippen molar-refractivity contribution in [3.63, 3.8) is 0 Å². The van der Waals surface area contributed by atoms with Gasteiger partial charge in [0.1, 0.15) is 6.61 Å². The van der Waals surface area contributed by atoms with E-state index in [9.17, 15) is 4.79 Å². The van der Waals surface area contributed by atoms with E-state index in [2.05, 4.69) is 20.6 Å². The maximum atomic E-state index is 11.8. The molecule has 0 spiro atoms. The van der Waals surface area contributed by atoms with Crippen molar-refractivity contribution in [2.75, 3.05) is 25.6 Å². The molecule has 0 bridgehead atoms. The first-order valence-electron chi connectivity index (χ1n) is 8.32. The minimum absolute atomic E-state index is 0.00863. The summed E-state index contributed by atoms with van der Waals surface area (Å²) in [7, 11) is 1.62. The molecule has 2 aromatic rings. The fourth-order valence-electron chi connectivity index (χ4n) is 2.82. The molecule has 1 aliphatic heterocycles. The number of hydrogen-bond acceptors (Lipinski definition) is 6. The van der Waals surface area contributed by atoms with Gasteiger partial charge < -0.3 is 20.1 Å². The van der Waals surface area contributed by atoms with Crippen LogP contribution in [0.5, 0.6) is 5.88 Å². The number of aromatic nitrogens is 2. The van der Waals surface area contributed by atoms with E-state index in [-0.39, 0.29) is 18.0 Å². The largest absolute Gasteiger partial charge is 0.475 e. The maximum Gasteiger partial charge on any atom is 0.226 e. The van der Waals surface area contributed by atoms with Crippen molar-refractivity contribution in [2.45, 2.75) is 24.9 Å². The quantitative estimate of drug-likeness (QED) is 0.748. The van der Waals surface area contributed by atoms with Gasteiger partial charge in [-0.2, -0.15) is 4.98 Å². The Balaban J connectivity index is 1.71. The van der Waals surface area contributed by atoms with Crippen molar-refractivity contribution >= 4 is 11.9 Å². The molecular weight excluding hydrogens is 320 g/mol. The van der Waals surface area contributed by atoms with Crippen LogP contribution < -0.4 is 15.4 Å². The average Bonchev–Trinajstić information content (AvgIpc) is 2.64. The van der Waals surface area contributed by atoms with Crippen LogP contribution >= 0.6 is 0 Å². The summed E-state index contributed by atoms with van der Waals surface area (Å²) in [6.45, 7) is 0.927. The van der Waals surface area contributed by atoms with E-state index in [0.29, 0.717) is 37.9 Å². The average molecular weight is 342 g/mol. The molecule has 0 aliphatic carbocycles. The Morgan fingerprint density at radius 3 is 2.88 bits per heavy atom. The van der Waals surface area contributed by atoms with Crippen LogP contribution in [-0.2, 0) is 9.53 Å². The summed E-state index contributed by atoms with van der Waals surface area (Å²) in [6.07, 6.45) is 2.84. The zero-order chi connectivity index (χ0) is 17.5. The zero-order valence-corrected chi connectivity index (χ0v) is 14.1. The Morgan fingerprint density at radius 2 is 2.08 bits per heavy atom. The third kappa shape index (κ3) is 4.67. The summed E-state index contributed by atoms with van der Waals surface area (Å²) in [5.41, 5.74) is 1.06. The number of carbonyl (C=O) groups is 1. The molecule has 3 rings (SSSR count). The first kappa shape index (κ1) is 17.2. The van der Waals surface area contributed by atoms with Gasteiger partial charge in [0.05, 0.1) is 18.7 Å². The van der Waals surface area contributed by atoms with Crippen molar-refractivity contribution in [3.8, 4) is 5.88 Å². The lowest BCUT2D eigenvalue weighted by molar-refractivity contribution is -0.123. The van der Waals surface area contributed by atoms with Crippen LogP contribution in [0.15, 0.2) is 42.6 Å². The molecule has 25 heavy (non-hydrogen) atoms. The Kier molecular flexibility index (Phi) is 5.79. The maximum absolute atomic E-state index is 11.8. The molecule has 0 unspecified atom stereocenters. The number of rotatable bonds is 7. The molecule has 0 radical (unpaired) electrons. The molecule has 0 saturated carbocycles. The molecule has 2 N–H and O–H groups in total. The van der Waals surface area contributed by atoms with E-state index < -0.39 is 0 Å². The molecule has 1 aromatic carbocycles. The first-order valence-corrected chi connectivity index (χ1v) is 8.32. The van der Waals surface area contributed by atoms with Gasteiger partial charge in [0.25, 0.3) is 0 Å². The first-order chi connectivity index (χ1) is 12.3. The smallest absolute Gasteiger partial charge is 0.226 e. The summed E-state index contributed by atoms with van der Waals surface area (Å²) in [4.78, 5) is 20.5. The predicted octanol–water partition coefficient (Wildman–Crippen LogP) is 1.93. The van der Waals surface area contributed by atoms with Gasteiger partial charge >= 0.3 is 0 Å². The lowest BCUT2D eigenvalue weighted by Crippen LogP contribution is -2.45. The van der Waals surface area contributed by atoms with Crippen LogP contribution in [0, 0.1) is 0 Å². The molecule has 2 atom stereocenters. The van der Waals surface area contributed by atoms with Crippen LogP contribution in [0.1, 0.15) is 24.4 Å². The van der Waals surface area contributed by atoms with Gasteiger partial charge in [0.2, 0.25) is 17.7 Å². The van der Waals surface area contributed by atoms with Crippen molar-refractivity contribution in [3.05, 3.63) is 48.2 Å². The highest BCUT2D eigenvalue weighted by molar-refractivity contribution is 5.77. The molecule has 1 fully saturated rings. The van der Waals surface area contributed by atoms with Crippen LogP contribution in [0.3, 0.4) is 0 Å². The fraction of sp³-hybridized carbons (Fsp3) is 0.389. The number of anilines is 1. The number of hydrogen-bond donors (Lipinski definition) is 2. The van der Waals surface area contributed by atoms with E-state index in [1.54, 1.807) is 19.4 Å². The van der Waals surface area contributed by atoms with Crippen LogP contribution in [0.4, 0.5) is 5.95 Å². The third-order valence-corrected chi connectivity index (χ3v) is 4.04. The second-order valence-electron chi connectivity index (χ2n) is 5.81. The molecule has 2 heterocycles. The highest BCUT2D eigenvalue weighted by atomic mass is 16.5. The second kappa shape index (κ2) is 8.43. The standard InChI is InChI=1S/C18H22N4O3/c1-24-11-12-25-16-9-10-19-18(22-16)20-14-7-8-15(23)21-17(14)13-5-3-2-4-6-13/h2-6,9-10,14,17H,7-8,11-12H2,1H3,(H,21,23)(H,19,20,22)/t14-,17+/m1/s1. The summed E-state index contributed by atoms with van der Waals surface area (Å²) in [6, 6.07) is 11.5. The van der Waals surface area contributed by atoms with Gasteiger partial charge in [-0.05, 0) is 12.0 Å². The summed E-state index contributed by atoms with van der Waals surface area (Å²) in [5, 5.41) is 6.39. The van der Waals surface area contributed by atoms with Gasteiger partial charge in [-0.1, -0.05) is 30.3 Å².